The Kier molecular flexibility index (Phi) is 7.23. The van der Waals surface area contributed by atoms with Gasteiger partial charge in [-0.1, -0.05) is 65.2 Å². The molecular weight excluding hydrogens is 494 g/mol. The quantitative estimate of drug-likeness (QED) is 0.281. The minimum absolute atomic E-state index is 0.0206. The fourth-order valence-corrected chi connectivity index (χ4v) is 4.76. The number of benzene rings is 2. The fourth-order valence-electron chi connectivity index (χ4n) is 4.15. The predicted octanol–water partition coefficient (Wildman–Crippen LogP) is 8.43. The summed E-state index contributed by atoms with van der Waals surface area (Å²) in [5.41, 5.74) is 2.90. The summed E-state index contributed by atoms with van der Waals surface area (Å²) in [6.45, 7) is 0. The minimum atomic E-state index is -4.52. The first-order chi connectivity index (χ1) is 15.6. The molecule has 4 rings (SSSR count). The van der Waals surface area contributed by atoms with Crippen LogP contribution in [-0.2, 0) is 11.2 Å². The molecule has 0 spiro atoms. The van der Waals surface area contributed by atoms with Crippen LogP contribution in [0.5, 0.6) is 0 Å². The van der Waals surface area contributed by atoms with Gasteiger partial charge in [0.15, 0.2) is 0 Å². The number of rotatable bonds is 6. The van der Waals surface area contributed by atoms with Crippen molar-refractivity contribution in [3.8, 4) is 0 Å². The van der Waals surface area contributed by atoms with E-state index >= 15 is 0 Å². The number of hydrogen-bond acceptors (Lipinski definition) is 1. The lowest BCUT2D eigenvalue weighted by Crippen LogP contribution is -2.19. The van der Waals surface area contributed by atoms with Gasteiger partial charge in [0.25, 0.3) is 0 Å². The lowest BCUT2D eigenvalue weighted by Gasteiger charge is -2.18. The number of hydrogen-bond donors (Lipinski definition) is 0. The molecule has 2 unspecified atom stereocenters. The van der Waals surface area contributed by atoms with Crippen molar-refractivity contribution >= 4 is 53.0 Å². The summed E-state index contributed by atoms with van der Waals surface area (Å²) in [4.78, 5) is 15.8. The Balaban J connectivity index is 1.50. The van der Waals surface area contributed by atoms with Crippen molar-refractivity contribution in [3.63, 3.8) is 0 Å². The highest BCUT2D eigenvalue weighted by Crippen LogP contribution is 2.41. The van der Waals surface area contributed by atoms with Gasteiger partial charge in [-0.3, -0.25) is 4.79 Å². The lowest BCUT2D eigenvalue weighted by atomic mass is 9.95. The average Bonchev–Trinajstić information content (AvgIpc) is 3.53. The molecule has 174 valence electrons. The van der Waals surface area contributed by atoms with E-state index in [1.807, 2.05) is 18.2 Å². The molecule has 33 heavy (non-hydrogen) atoms. The zero-order valence-corrected chi connectivity index (χ0v) is 19.8. The minimum Gasteiger partial charge on any atom is -0.272 e. The van der Waals surface area contributed by atoms with Crippen LogP contribution < -0.4 is 0 Å². The van der Waals surface area contributed by atoms with E-state index in [-0.39, 0.29) is 38.4 Å². The van der Waals surface area contributed by atoms with Crippen LogP contribution in [-0.4, -0.2) is 18.3 Å². The van der Waals surface area contributed by atoms with Gasteiger partial charge in [0.2, 0.25) is 5.91 Å². The molecule has 0 heterocycles. The Morgan fingerprint density at radius 1 is 1.09 bits per heavy atom. The second-order valence-corrected chi connectivity index (χ2v) is 9.72. The van der Waals surface area contributed by atoms with Gasteiger partial charge in [-0.05, 0) is 72.4 Å². The summed E-state index contributed by atoms with van der Waals surface area (Å²) < 4.78 is 41.3. The van der Waals surface area contributed by atoms with Crippen LogP contribution in [0.2, 0.25) is 15.1 Å². The highest BCUT2D eigenvalue weighted by molar-refractivity contribution is 6.48. The van der Waals surface area contributed by atoms with E-state index in [2.05, 4.69) is 4.99 Å². The van der Waals surface area contributed by atoms with Gasteiger partial charge in [0.1, 0.15) is 0 Å². The Hall–Kier alpha value is -1.82. The molecule has 2 aliphatic carbocycles. The molecule has 1 saturated carbocycles. The molecular formula is C25H21Cl3F3NO. The number of amides is 1. The van der Waals surface area contributed by atoms with Crippen LogP contribution in [0.1, 0.15) is 59.8 Å². The largest absolute Gasteiger partial charge is 0.399 e. The monoisotopic (exact) mass is 513 g/mol. The molecule has 0 aromatic heterocycles. The summed E-state index contributed by atoms with van der Waals surface area (Å²) in [6.07, 6.45) is 4.11. The molecule has 0 N–H and O–H groups in total. The van der Waals surface area contributed by atoms with Crippen molar-refractivity contribution in [2.45, 2.75) is 50.1 Å². The number of aryl methyl sites for hydroxylation is 1. The predicted molar refractivity (Wildman–Crippen MR) is 128 cm³/mol. The van der Waals surface area contributed by atoms with E-state index in [4.69, 9.17) is 34.8 Å². The number of carbonyl (C=O) groups excluding carboxylic acids is 1. The van der Waals surface area contributed by atoms with E-state index in [1.54, 1.807) is 6.21 Å². The third kappa shape index (κ3) is 5.82. The molecule has 0 saturated heterocycles. The summed E-state index contributed by atoms with van der Waals surface area (Å²) in [5.74, 6) is -1.51. The van der Waals surface area contributed by atoms with Crippen molar-refractivity contribution in [2.24, 2.45) is 10.9 Å². The second-order valence-electron chi connectivity index (χ2n) is 8.53. The maximum absolute atomic E-state index is 13.8. The van der Waals surface area contributed by atoms with E-state index < -0.39 is 12.1 Å². The smallest absolute Gasteiger partial charge is 0.272 e. The maximum Gasteiger partial charge on any atom is 0.399 e. The van der Waals surface area contributed by atoms with E-state index in [1.165, 1.54) is 23.8 Å². The van der Waals surface area contributed by atoms with Crippen molar-refractivity contribution in [2.75, 3.05) is 0 Å². The zero-order chi connectivity index (χ0) is 23.8. The highest BCUT2D eigenvalue weighted by Gasteiger charge is 2.39. The molecule has 2 aromatic rings. The van der Waals surface area contributed by atoms with Crippen LogP contribution in [0.3, 0.4) is 0 Å². The molecule has 0 radical (unpaired) electrons. The van der Waals surface area contributed by atoms with Gasteiger partial charge in [0, 0.05) is 12.1 Å². The van der Waals surface area contributed by atoms with Crippen molar-refractivity contribution < 1.29 is 18.0 Å². The van der Waals surface area contributed by atoms with Crippen molar-refractivity contribution in [1.29, 1.82) is 0 Å². The van der Waals surface area contributed by atoms with E-state index in [0.29, 0.717) is 12.0 Å². The Morgan fingerprint density at radius 3 is 2.42 bits per heavy atom. The van der Waals surface area contributed by atoms with Gasteiger partial charge in [-0.25, -0.2) is 4.99 Å². The van der Waals surface area contributed by atoms with Crippen molar-refractivity contribution in [1.82, 2.24) is 0 Å². The summed E-state index contributed by atoms with van der Waals surface area (Å²) in [6, 6.07) is 8.09. The number of allylic oxidation sites excluding steroid dienone is 1. The summed E-state index contributed by atoms with van der Waals surface area (Å²) in [7, 11) is 0. The second kappa shape index (κ2) is 9.81. The van der Waals surface area contributed by atoms with Crippen LogP contribution in [0.4, 0.5) is 13.2 Å². The third-order valence-electron chi connectivity index (χ3n) is 6.10. The fraction of sp³-hybridized carbons (Fsp3) is 0.360. The molecule has 2 atom stereocenters. The third-order valence-corrected chi connectivity index (χ3v) is 7.30. The summed E-state index contributed by atoms with van der Waals surface area (Å²) in [5, 5.41) is -0.0115. The standard InChI is InChI=1S/C25H21Cl3F3NO/c26-21-12-18(13-22(27)23(21)28)20(25(29,30)31)8-2-14-1-7-19-15(3-6-17(19)11-14)9-10-32-24(33)16-4-5-16/h1-2,7-8,10-13,15-16,20H,3-6,9H2/b8-2+,32-10?. The molecule has 1 fully saturated rings. The van der Waals surface area contributed by atoms with Crippen LogP contribution in [0.15, 0.2) is 41.4 Å². The lowest BCUT2D eigenvalue weighted by molar-refractivity contribution is -0.139. The summed E-state index contributed by atoms with van der Waals surface area (Å²) >= 11 is 17.8. The number of halogens is 6. The van der Waals surface area contributed by atoms with E-state index in [9.17, 15) is 18.0 Å². The first kappa shape index (κ1) is 24.3. The van der Waals surface area contributed by atoms with Gasteiger partial charge >= 0.3 is 6.18 Å². The number of alkyl halides is 3. The number of fused-ring (bicyclic) bond motifs is 1. The topological polar surface area (TPSA) is 29.4 Å². The first-order valence-corrected chi connectivity index (χ1v) is 11.9. The Labute approximate surface area is 205 Å². The molecule has 2 aromatic carbocycles. The SMILES string of the molecule is O=C(N=CCC1CCc2cc(/C=C/C(c3cc(Cl)c(Cl)c(Cl)c3)C(F)(F)F)ccc21)C1CC1. The van der Waals surface area contributed by atoms with Crippen LogP contribution >= 0.6 is 34.8 Å². The molecule has 0 bridgehead atoms. The van der Waals surface area contributed by atoms with Gasteiger partial charge in [-0.2, -0.15) is 13.2 Å². The highest BCUT2D eigenvalue weighted by atomic mass is 35.5. The Morgan fingerprint density at radius 2 is 1.79 bits per heavy atom. The Bertz CT molecular complexity index is 1100. The number of nitrogens with zero attached hydrogens (tertiary/aromatic N) is 1. The molecule has 1 amide bonds. The molecule has 2 nitrogen and oxygen atoms in total. The van der Waals surface area contributed by atoms with Gasteiger partial charge < -0.3 is 0 Å². The van der Waals surface area contributed by atoms with Crippen LogP contribution in [0.25, 0.3) is 6.08 Å². The van der Waals surface area contributed by atoms with Gasteiger partial charge in [-0.15, -0.1) is 0 Å². The van der Waals surface area contributed by atoms with Gasteiger partial charge in [0.05, 0.1) is 21.0 Å². The number of carbonyl (C=O) groups is 1. The number of aliphatic imine (C=N–C) groups is 1. The average molecular weight is 515 g/mol. The zero-order valence-electron chi connectivity index (χ0n) is 17.5. The van der Waals surface area contributed by atoms with E-state index in [0.717, 1.165) is 37.3 Å². The van der Waals surface area contributed by atoms with Crippen molar-refractivity contribution in [3.05, 3.63) is 73.7 Å². The normalized spacial score (nSPS) is 19.4. The van der Waals surface area contributed by atoms with Crippen LogP contribution in [0, 0.1) is 5.92 Å². The molecule has 8 heteroatoms. The molecule has 2 aliphatic rings. The molecule has 0 aliphatic heterocycles. The maximum atomic E-state index is 13.8. The first-order valence-electron chi connectivity index (χ1n) is 10.7.